The first-order chi connectivity index (χ1) is 12.9. The molecular weight excluding hydrogens is 344 g/mol. The number of carboxylic acids is 1. The van der Waals surface area contributed by atoms with E-state index < -0.39 is 17.4 Å². The summed E-state index contributed by atoms with van der Waals surface area (Å²) in [6.07, 6.45) is 5.35. The van der Waals surface area contributed by atoms with Gasteiger partial charge in [-0.2, -0.15) is 5.10 Å². The van der Waals surface area contributed by atoms with E-state index in [-0.39, 0.29) is 12.3 Å². The van der Waals surface area contributed by atoms with Crippen LogP contribution in [0.2, 0.25) is 0 Å². The largest absolute Gasteiger partial charge is 0.481 e. The highest BCUT2D eigenvalue weighted by atomic mass is 16.4. The Balaban J connectivity index is 1.40. The van der Waals surface area contributed by atoms with Gasteiger partial charge in [-0.3, -0.25) is 14.5 Å². The molecule has 2 N–H and O–H groups in total. The zero-order chi connectivity index (χ0) is 19.0. The van der Waals surface area contributed by atoms with Crippen LogP contribution < -0.4 is 5.32 Å². The topological polar surface area (TPSA) is 87.5 Å². The molecule has 0 bridgehead atoms. The lowest BCUT2D eigenvalue weighted by Gasteiger charge is -2.41. The molecule has 2 aromatic rings. The molecule has 4 rings (SSSR count). The molecule has 2 saturated heterocycles. The van der Waals surface area contributed by atoms with Crippen LogP contribution in [0.15, 0.2) is 36.7 Å². The molecule has 1 amide bonds. The number of carbonyl (C=O) groups excluding carboxylic acids is 1. The molecule has 7 heteroatoms. The van der Waals surface area contributed by atoms with E-state index in [0.29, 0.717) is 12.8 Å². The summed E-state index contributed by atoms with van der Waals surface area (Å²) in [7, 11) is 0. The number of aromatic nitrogens is 2. The number of carboxylic acid groups (broad SMARTS) is 1. The number of piperidine rings is 1. The monoisotopic (exact) mass is 368 g/mol. The molecule has 3 heterocycles. The van der Waals surface area contributed by atoms with Crippen molar-refractivity contribution in [2.45, 2.75) is 38.3 Å². The Hall–Kier alpha value is -2.67. The van der Waals surface area contributed by atoms with Crippen molar-refractivity contribution in [3.63, 3.8) is 0 Å². The fourth-order valence-corrected chi connectivity index (χ4v) is 4.32. The van der Waals surface area contributed by atoms with Crippen molar-refractivity contribution in [1.82, 2.24) is 20.0 Å². The molecule has 2 aliphatic heterocycles. The molecular formula is C20H24N4O3. The molecule has 1 atom stereocenters. The van der Waals surface area contributed by atoms with Gasteiger partial charge in [0.15, 0.2) is 0 Å². The third kappa shape index (κ3) is 3.47. The summed E-state index contributed by atoms with van der Waals surface area (Å²) in [5, 5.41) is 16.9. The molecule has 142 valence electrons. The predicted molar refractivity (Wildman–Crippen MR) is 99.4 cm³/mol. The van der Waals surface area contributed by atoms with Crippen LogP contribution in [0.4, 0.5) is 0 Å². The number of hydrogen-bond acceptors (Lipinski definition) is 4. The Labute approximate surface area is 158 Å². The van der Waals surface area contributed by atoms with Crippen LogP contribution in [0.3, 0.4) is 0 Å². The van der Waals surface area contributed by atoms with Crippen LogP contribution in [0.25, 0.3) is 5.69 Å². The molecule has 0 saturated carbocycles. The molecule has 2 aliphatic rings. The number of carbonyl (C=O) groups is 2. The minimum atomic E-state index is -0.874. The third-order valence-electron chi connectivity index (χ3n) is 5.80. The SMILES string of the molecule is Cc1cccc(-n2cc(CN3CCC4(CC3)NC(=O)C[C@@H]4C(=O)O)cn2)c1. The number of rotatable bonds is 4. The van der Waals surface area contributed by atoms with Crippen LogP contribution in [-0.4, -0.2) is 50.3 Å². The van der Waals surface area contributed by atoms with Gasteiger partial charge in [0.25, 0.3) is 0 Å². The van der Waals surface area contributed by atoms with E-state index in [0.717, 1.165) is 30.9 Å². The molecule has 1 aromatic heterocycles. The summed E-state index contributed by atoms with van der Waals surface area (Å²) < 4.78 is 1.88. The highest BCUT2D eigenvalue weighted by molar-refractivity contribution is 5.88. The molecule has 0 aliphatic carbocycles. The van der Waals surface area contributed by atoms with Gasteiger partial charge in [-0.25, -0.2) is 4.68 Å². The van der Waals surface area contributed by atoms with Crippen molar-refractivity contribution >= 4 is 11.9 Å². The maximum absolute atomic E-state index is 11.8. The average molecular weight is 368 g/mol. The number of amides is 1. The Kier molecular flexibility index (Phi) is 4.47. The Bertz CT molecular complexity index is 868. The molecule has 27 heavy (non-hydrogen) atoms. The van der Waals surface area contributed by atoms with Crippen LogP contribution in [0.1, 0.15) is 30.4 Å². The van der Waals surface area contributed by atoms with E-state index >= 15 is 0 Å². The second kappa shape index (κ2) is 6.81. The minimum absolute atomic E-state index is 0.0958. The normalized spacial score (nSPS) is 22.1. The van der Waals surface area contributed by atoms with E-state index in [9.17, 15) is 14.7 Å². The highest BCUT2D eigenvalue weighted by Crippen LogP contribution is 2.37. The quantitative estimate of drug-likeness (QED) is 0.858. The van der Waals surface area contributed by atoms with Crippen molar-refractivity contribution in [2.75, 3.05) is 13.1 Å². The van der Waals surface area contributed by atoms with Gasteiger partial charge in [0.2, 0.25) is 5.91 Å². The summed E-state index contributed by atoms with van der Waals surface area (Å²) >= 11 is 0. The number of nitrogens with one attached hydrogen (secondary N) is 1. The van der Waals surface area contributed by atoms with E-state index in [1.807, 2.05) is 29.2 Å². The second-order valence-electron chi connectivity index (χ2n) is 7.71. The van der Waals surface area contributed by atoms with Crippen molar-refractivity contribution < 1.29 is 14.7 Å². The predicted octanol–water partition coefficient (Wildman–Crippen LogP) is 1.74. The average Bonchev–Trinajstić information content (AvgIpc) is 3.22. The van der Waals surface area contributed by atoms with Crippen molar-refractivity contribution in [2.24, 2.45) is 5.92 Å². The number of hydrogen-bond donors (Lipinski definition) is 2. The Morgan fingerprint density at radius 3 is 2.85 bits per heavy atom. The standard InChI is InChI=1S/C20H24N4O3/c1-14-3-2-4-16(9-14)24-13-15(11-21-24)12-23-7-5-20(6-8-23)17(19(26)27)10-18(25)22-20/h2-4,9,11,13,17H,5-8,10,12H2,1H3,(H,22,25)(H,26,27)/t17-/m1/s1. The van der Waals surface area contributed by atoms with E-state index in [1.165, 1.54) is 5.56 Å². The Morgan fingerprint density at radius 1 is 1.37 bits per heavy atom. The number of nitrogens with zero attached hydrogens (tertiary/aromatic N) is 3. The van der Waals surface area contributed by atoms with Crippen LogP contribution in [0.5, 0.6) is 0 Å². The number of benzene rings is 1. The van der Waals surface area contributed by atoms with E-state index in [4.69, 9.17) is 0 Å². The van der Waals surface area contributed by atoms with Crippen molar-refractivity contribution in [1.29, 1.82) is 0 Å². The zero-order valence-corrected chi connectivity index (χ0v) is 15.4. The number of aliphatic carboxylic acids is 1. The molecule has 2 fully saturated rings. The van der Waals surface area contributed by atoms with Crippen LogP contribution in [0, 0.1) is 12.8 Å². The summed E-state index contributed by atoms with van der Waals surface area (Å²) in [6, 6.07) is 8.20. The first-order valence-corrected chi connectivity index (χ1v) is 9.32. The van der Waals surface area contributed by atoms with Gasteiger partial charge >= 0.3 is 5.97 Å². The lowest BCUT2D eigenvalue weighted by atomic mass is 9.77. The fraction of sp³-hybridized carbons (Fsp3) is 0.450. The highest BCUT2D eigenvalue weighted by Gasteiger charge is 2.51. The van der Waals surface area contributed by atoms with Gasteiger partial charge in [0.05, 0.1) is 23.3 Å². The molecule has 1 spiro atoms. The number of aryl methyl sites for hydroxylation is 1. The Morgan fingerprint density at radius 2 is 2.15 bits per heavy atom. The van der Waals surface area contributed by atoms with Gasteiger partial charge < -0.3 is 10.4 Å². The summed E-state index contributed by atoms with van der Waals surface area (Å²) in [4.78, 5) is 25.6. The zero-order valence-electron chi connectivity index (χ0n) is 15.4. The van der Waals surface area contributed by atoms with Gasteiger partial charge in [0.1, 0.15) is 0 Å². The van der Waals surface area contributed by atoms with Gasteiger partial charge in [0, 0.05) is 37.8 Å². The van der Waals surface area contributed by atoms with Gasteiger partial charge in [-0.15, -0.1) is 0 Å². The fourth-order valence-electron chi connectivity index (χ4n) is 4.32. The maximum atomic E-state index is 11.8. The second-order valence-corrected chi connectivity index (χ2v) is 7.71. The van der Waals surface area contributed by atoms with Crippen LogP contribution in [-0.2, 0) is 16.1 Å². The van der Waals surface area contributed by atoms with Gasteiger partial charge in [-0.1, -0.05) is 12.1 Å². The summed E-state index contributed by atoms with van der Waals surface area (Å²) in [5.41, 5.74) is 2.78. The number of likely N-dealkylation sites (tertiary alicyclic amines) is 1. The lowest BCUT2D eigenvalue weighted by molar-refractivity contribution is -0.144. The van der Waals surface area contributed by atoms with E-state index in [2.05, 4.69) is 34.4 Å². The summed E-state index contributed by atoms with van der Waals surface area (Å²) in [6.45, 7) is 4.36. The van der Waals surface area contributed by atoms with Crippen LogP contribution >= 0.6 is 0 Å². The smallest absolute Gasteiger partial charge is 0.309 e. The maximum Gasteiger partial charge on any atom is 0.309 e. The molecule has 7 nitrogen and oxygen atoms in total. The lowest BCUT2D eigenvalue weighted by Crippen LogP contribution is -2.55. The molecule has 0 unspecified atom stereocenters. The molecule has 0 radical (unpaired) electrons. The summed E-state index contributed by atoms with van der Waals surface area (Å²) in [5.74, 6) is -1.63. The first kappa shape index (κ1) is 17.7. The van der Waals surface area contributed by atoms with Crippen molar-refractivity contribution in [3.05, 3.63) is 47.8 Å². The van der Waals surface area contributed by atoms with Crippen molar-refractivity contribution in [3.8, 4) is 5.69 Å². The molecule has 1 aromatic carbocycles. The third-order valence-corrected chi connectivity index (χ3v) is 5.80. The van der Waals surface area contributed by atoms with E-state index in [1.54, 1.807) is 0 Å². The van der Waals surface area contributed by atoms with Gasteiger partial charge in [-0.05, 0) is 37.5 Å². The first-order valence-electron chi connectivity index (χ1n) is 9.32. The minimum Gasteiger partial charge on any atom is -0.481 e.